The summed E-state index contributed by atoms with van der Waals surface area (Å²) < 4.78 is 35.2. The van der Waals surface area contributed by atoms with Crippen molar-refractivity contribution in [3.05, 3.63) is 16.6 Å². The van der Waals surface area contributed by atoms with E-state index in [2.05, 4.69) is 4.98 Å². The normalized spacial score (nSPS) is 11.6. The average Bonchev–Trinajstić information content (AvgIpc) is 2.53. The molecule has 78 valence electrons. The summed E-state index contributed by atoms with van der Waals surface area (Å²) in [5.41, 5.74) is 1.74. The zero-order valence-corrected chi connectivity index (χ0v) is 7.99. The zero-order valence-electron chi connectivity index (χ0n) is 7.17. The van der Waals surface area contributed by atoms with Gasteiger partial charge in [0, 0.05) is 18.2 Å². The molecule has 0 amide bonds. The van der Waals surface area contributed by atoms with Gasteiger partial charge in [0.1, 0.15) is 5.69 Å². The number of Topliss-reactive ketones (excluding diaryl/α,β-unsaturated/α-hetero) is 1. The fraction of sp³-hybridized carbons (Fsp3) is 0.500. The summed E-state index contributed by atoms with van der Waals surface area (Å²) in [4.78, 5) is 14.9. The van der Waals surface area contributed by atoms with Crippen molar-refractivity contribution in [1.29, 1.82) is 0 Å². The number of nitrogens with zero attached hydrogens (tertiary/aromatic N) is 1. The van der Waals surface area contributed by atoms with Crippen LogP contribution in [-0.4, -0.2) is 16.9 Å². The number of rotatable bonds is 4. The fourth-order valence-electron chi connectivity index (χ4n) is 0.928. The molecule has 6 heteroatoms. The van der Waals surface area contributed by atoms with Crippen molar-refractivity contribution < 1.29 is 18.0 Å². The molecule has 0 N–H and O–H groups in total. The average molecular weight is 223 g/mol. The number of carbonyl (C=O) groups excluding carboxylic acids is 1. The minimum absolute atomic E-state index is 0.0940. The number of hydrogen-bond donors (Lipinski definition) is 0. The van der Waals surface area contributed by atoms with Crippen LogP contribution >= 0.6 is 11.3 Å². The molecule has 0 aromatic carbocycles. The summed E-state index contributed by atoms with van der Waals surface area (Å²) in [6.07, 6.45) is -5.35. The van der Waals surface area contributed by atoms with E-state index < -0.39 is 12.6 Å². The van der Waals surface area contributed by atoms with Crippen LogP contribution in [0.25, 0.3) is 0 Å². The van der Waals surface area contributed by atoms with E-state index in [9.17, 15) is 18.0 Å². The van der Waals surface area contributed by atoms with Crippen LogP contribution in [0.15, 0.2) is 10.9 Å². The number of aromatic nitrogens is 1. The van der Waals surface area contributed by atoms with Gasteiger partial charge in [-0.3, -0.25) is 4.79 Å². The maximum Gasteiger partial charge on any atom is 0.389 e. The lowest BCUT2D eigenvalue weighted by Gasteiger charge is -2.03. The molecule has 0 aliphatic rings. The maximum atomic E-state index is 11.7. The predicted octanol–water partition coefficient (Wildman–Crippen LogP) is 3.06. The first kappa shape index (κ1) is 11.2. The van der Waals surface area contributed by atoms with Crippen LogP contribution in [0.5, 0.6) is 0 Å². The Labute approximate surface area is 82.8 Å². The lowest BCUT2D eigenvalue weighted by Crippen LogP contribution is -2.08. The first-order chi connectivity index (χ1) is 6.49. The molecule has 1 rings (SSSR count). The van der Waals surface area contributed by atoms with Gasteiger partial charge in [0.15, 0.2) is 5.78 Å². The van der Waals surface area contributed by atoms with E-state index in [4.69, 9.17) is 0 Å². The Kier molecular flexibility index (Phi) is 3.62. The topological polar surface area (TPSA) is 30.0 Å². The van der Waals surface area contributed by atoms with Crippen LogP contribution in [0, 0.1) is 0 Å². The molecule has 1 aromatic heterocycles. The largest absolute Gasteiger partial charge is 0.389 e. The Morgan fingerprint density at radius 1 is 1.50 bits per heavy atom. The van der Waals surface area contributed by atoms with Gasteiger partial charge < -0.3 is 0 Å². The SMILES string of the molecule is O=C(CCCC(F)(F)F)c1cscn1. The van der Waals surface area contributed by atoms with Crippen molar-refractivity contribution in [3.63, 3.8) is 0 Å². The van der Waals surface area contributed by atoms with Crippen molar-refractivity contribution in [2.75, 3.05) is 0 Å². The molecule has 1 heterocycles. The van der Waals surface area contributed by atoms with Gasteiger partial charge in [-0.1, -0.05) is 0 Å². The first-order valence-electron chi connectivity index (χ1n) is 3.97. The standard InChI is InChI=1S/C8H8F3NOS/c9-8(10,11)3-1-2-7(13)6-4-14-5-12-6/h4-5H,1-3H2. The molecule has 0 aliphatic carbocycles. The molecule has 0 saturated carbocycles. The van der Waals surface area contributed by atoms with Gasteiger partial charge in [0.25, 0.3) is 0 Å². The molecule has 1 aromatic rings. The number of carbonyl (C=O) groups is 1. The Morgan fingerprint density at radius 2 is 2.21 bits per heavy atom. The van der Waals surface area contributed by atoms with E-state index >= 15 is 0 Å². The summed E-state index contributed by atoms with van der Waals surface area (Å²) in [5, 5.41) is 1.54. The van der Waals surface area contributed by atoms with Gasteiger partial charge in [0.2, 0.25) is 0 Å². The summed E-state index contributed by atoms with van der Waals surface area (Å²) in [6, 6.07) is 0. The molecule has 0 fully saturated rings. The number of halogens is 3. The molecule has 2 nitrogen and oxygen atoms in total. The van der Waals surface area contributed by atoms with Gasteiger partial charge in [0.05, 0.1) is 5.51 Å². The Balaban J connectivity index is 2.30. The van der Waals surface area contributed by atoms with Crippen LogP contribution in [0.1, 0.15) is 29.8 Å². The highest BCUT2D eigenvalue weighted by Gasteiger charge is 2.26. The first-order valence-corrected chi connectivity index (χ1v) is 4.91. The second kappa shape index (κ2) is 4.54. The third-order valence-electron chi connectivity index (χ3n) is 1.58. The smallest absolute Gasteiger partial charge is 0.292 e. The van der Waals surface area contributed by atoms with E-state index in [1.165, 1.54) is 22.2 Å². The molecule has 0 unspecified atom stereocenters. The van der Waals surface area contributed by atoms with Gasteiger partial charge >= 0.3 is 6.18 Å². The number of hydrogen-bond acceptors (Lipinski definition) is 3. The quantitative estimate of drug-likeness (QED) is 0.734. The van der Waals surface area contributed by atoms with Crippen LogP contribution in [0.2, 0.25) is 0 Å². The van der Waals surface area contributed by atoms with Crippen molar-refractivity contribution in [2.24, 2.45) is 0 Å². The highest BCUT2D eigenvalue weighted by atomic mass is 32.1. The van der Waals surface area contributed by atoms with Crippen LogP contribution in [-0.2, 0) is 0 Å². The van der Waals surface area contributed by atoms with E-state index in [1.807, 2.05) is 0 Å². The lowest BCUT2D eigenvalue weighted by molar-refractivity contribution is -0.135. The van der Waals surface area contributed by atoms with Crippen molar-refractivity contribution >= 4 is 17.1 Å². The summed E-state index contributed by atoms with van der Waals surface area (Å²) in [5.74, 6) is -0.324. The number of alkyl halides is 3. The van der Waals surface area contributed by atoms with Crippen LogP contribution in [0.3, 0.4) is 0 Å². The minimum Gasteiger partial charge on any atom is -0.292 e. The third kappa shape index (κ3) is 3.87. The van der Waals surface area contributed by atoms with E-state index in [0.717, 1.165) is 0 Å². The van der Waals surface area contributed by atoms with Gasteiger partial charge in [-0.25, -0.2) is 4.98 Å². The van der Waals surface area contributed by atoms with Crippen molar-refractivity contribution in [3.8, 4) is 0 Å². The molecule has 14 heavy (non-hydrogen) atoms. The molecule has 0 saturated heterocycles. The summed E-state index contributed by atoms with van der Waals surface area (Å²) in [6.45, 7) is 0. The second-order valence-electron chi connectivity index (χ2n) is 2.77. The van der Waals surface area contributed by atoms with Crippen LogP contribution < -0.4 is 0 Å². The highest BCUT2D eigenvalue weighted by Crippen LogP contribution is 2.22. The Bertz CT molecular complexity index is 294. The van der Waals surface area contributed by atoms with Gasteiger partial charge in [-0.15, -0.1) is 11.3 Å². The zero-order chi connectivity index (χ0) is 10.6. The van der Waals surface area contributed by atoms with Crippen molar-refractivity contribution in [1.82, 2.24) is 4.98 Å². The predicted molar refractivity (Wildman–Crippen MR) is 46.4 cm³/mol. The van der Waals surface area contributed by atoms with Crippen LogP contribution in [0.4, 0.5) is 13.2 Å². The van der Waals surface area contributed by atoms with Gasteiger partial charge in [-0.2, -0.15) is 13.2 Å². The molecule has 0 radical (unpaired) electrons. The number of thiazole rings is 1. The highest BCUT2D eigenvalue weighted by molar-refractivity contribution is 7.07. The molecule has 0 aliphatic heterocycles. The molecular weight excluding hydrogens is 215 g/mol. The molecular formula is C8H8F3NOS. The summed E-state index contributed by atoms with van der Waals surface area (Å²) >= 11 is 1.25. The molecule has 0 spiro atoms. The Morgan fingerprint density at radius 3 is 2.71 bits per heavy atom. The van der Waals surface area contributed by atoms with Gasteiger partial charge in [-0.05, 0) is 6.42 Å². The van der Waals surface area contributed by atoms with Crippen molar-refractivity contribution in [2.45, 2.75) is 25.4 Å². The molecule has 0 bridgehead atoms. The van der Waals surface area contributed by atoms with E-state index in [0.29, 0.717) is 0 Å². The number of ketones is 1. The molecule has 0 atom stereocenters. The monoisotopic (exact) mass is 223 g/mol. The summed E-state index contributed by atoms with van der Waals surface area (Å²) in [7, 11) is 0. The Hall–Kier alpha value is -0.910. The lowest BCUT2D eigenvalue weighted by atomic mass is 10.1. The second-order valence-corrected chi connectivity index (χ2v) is 3.48. The maximum absolute atomic E-state index is 11.7. The third-order valence-corrected chi connectivity index (χ3v) is 2.17. The minimum atomic E-state index is -4.18. The van der Waals surface area contributed by atoms with E-state index in [-0.39, 0.29) is 24.3 Å². The fourth-order valence-corrected chi connectivity index (χ4v) is 1.48. The van der Waals surface area contributed by atoms with E-state index in [1.54, 1.807) is 0 Å².